The first kappa shape index (κ1) is 24.6. The minimum absolute atomic E-state index is 0.00796. The third kappa shape index (κ3) is 5.48. The summed E-state index contributed by atoms with van der Waals surface area (Å²) in [5.41, 5.74) is 0.966. The fraction of sp³-hybridized carbons (Fsp3) is 0.167. The number of hydrogen-bond acceptors (Lipinski definition) is 5. The maximum Gasteiger partial charge on any atom is 0.416 e. The number of nitrogens with zero attached hydrogens (tertiary/aromatic N) is 5. The zero-order valence-electron chi connectivity index (χ0n) is 18.5. The van der Waals surface area contributed by atoms with Gasteiger partial charge in [0.2, 0.25) is 0 Å². The minimum Gasteiger partial charge on any atom is -0.362 e. The molecular formula is C24H18F3IN6OS. The summed E-state index contributed by atoms with van der Waals surface area (Å²) in [5, 5.41) is 8.76. The Balaban J connectivity index is 1.30. The number of nitrogens with one attached hydrogen (secondary N) is 1. The van der Waals surface area contributed by atoms with Gasteiger partial charge in [-0.3, -0.25) is 9.48 Å². The molecule has 4 aromatic rings. The zero-order chi connectivity index (χ0) is 25.3. The molecule has 1 N–H and O–H groups in total. The molecule has 0 saturated carbocycles. The molecule has 0 aliphatic carbocycles. The molecule has 5 rings (SSSR count). The van der Waals surface area contributed by atoms with Crippen LogP contribution in [-0.2, 0) is 24.1 Å². The zero-order valence-corrected chi connectivity index (χ0v) is 21.5. The van der Waals surface area contributed by atoms with Crippen LogP contribution in [0.1, 0.15) is 16.7 Å². The van der Waals surface area contributed by atoms with Gasteiger partial charge in [0, 0.05) is 34.4 Å². The predicted octanol–water partition coefficient (Wildman–Crippen LogP) is 5.16. The maximum absolute atomic E-state index is 13.5. The number of thioether (sulfide) groups is 1. The van der Waals surface area contributed by atoms with E-state index in [-0.39, 0.29) is 18.0 Å². The van der Waals surface area contributed by atoms with Gasteiger partial charge in [0.1, 0.15) is 0 Å². The van der Waals surface area contributed by atoms with Gasteiger partial charge in [-0.25, -0.2) is 4.98 Å². The molecule has 36 heavy (non-hydrogen) atoms. The number of carbonyl (C=O) groups excluding carboxylic acids is 1. The second-order valence-corrected chi connectivity index (χ2v) is 10.3. The summed E-state index contributed by atoms with van der Waals surface area (Å²) in [5.74, 6) is -0.320. The number of aromatic nitrogens is 4. The lowest BCUT2D eigenvalue weighted by atomic mass is 10.1. The summed E-state index contributed by atoms with van der Waals surface area (Å²) in [6.07, 6.45) is 4.19. The highest BCUT2D eigenvalue weighted by Gasteiger charge is 2.33. The number of aliphatic imine (C=N–C) groups is 1. The molecule has 0 radical (unpaired) electrons. The molecule has 12 heteroatoms. The predicted molar refractivity (Wildman–Crippen MR) is 141 cm³/mol. The van der Waals surface area contributed by atoms with Crippen molar-refractivity contribution in [3.05, 3.63) is 86.5 Å². The van der Waals surface area contributed by atoms with Gasteiger partial charge < -0.3 is 9.88 Å². The van der Waals surface area contributed by atoms with Crippen LogP contribution >= 0.6 is 34.4 Å². The number of amides is 1. The quantitative estimate of drug-likeness (QED) is 0.238. The van der Waals surface area contributed by atoms with Gasteiger partial charge >= 0.3 is 6.18 Å². The van der Waals surface area contributed by atoms with Gasteiger partial charge in [-0.15, -0.1) is 0 Å². The number of halogens is 4. The molecule has 1 aliphatic rings. The van der Waals surface area contributed by atoms with Crippen molar-refractivity contribution in [2.75, 3.05) is 6.54 Å². The average Bonchev–Trinajstić information content (AvgIpc) is 3.56. The van der Waals surface area contributed by atoms with Crippen molar-refractivity contribution in [2.24, 2.45) is 4.99 Å². The van der Waals surface area contributed by atoms with Crippen LogP contribution in [0, 0.1) is 3.57 Å². The van der Waals surface area contributed by atoms with E-state index in [2.05, 4.69) is 20.4 Å². The van der Waals surface area contributed by atoms with Gasteiger partial charge in [0.25, 0.3) is 5.91 Å². The topological polar surface area (TPSA) is 77.1 Å². The molecule has 0 unspecified atom stereocenters. The summed E-state index contributed by atoms with van der Waals surface area (Å²) < 4.78 is 44.6. The lowest BCUT2D eigenvalue weighted by Gasteiger charge is -2.14. The van der Waals surface area contributed by atoms with Crippen LogP contribution in [0.4, 0.5) is 13.2 Å². The highest BCUT2D eigenvalue weighted by Crippen LogP contribution is 2.34. The van der Waals surface area contributed by atoms with E-state index in [9.17, 15) is 18.0 Å². The van der Waals surface area contributed by atoms with Crippen LogP contribution in [0.5, 0.6) is 0 Å². The van der Waals surface area contributed by atoms with Crippen molar-refractivity contribution in [1.82, 2.24) is 24.6 Å². The first-order chi connectivity index (χ1) is 17.3. The summed E-state index contributed by atoms with van der Waals surface area (Å²) >= 11 is 3.14. The maximum atomic E-state index is 13.5. The van der Waals surface area contributed by atoms with Crippen LogP contribution in [-0.4, -0.2) is 37.0 Å². The molecule has 3 heterocycles. The van der Waals surface area contributed by atoms with Gasteiger partial charge in [-0.2, -0.15) is 23.3 Å². The number of rotatable bonds is 6. The monoisotopic (exact) mass is 622 g/mol. The van der Waals surface area contributed by atoms with Crippen LogP contribution < -0.4 is 5.32 Å². The van der Waals surface area contributed by atoms with E-state index in [1.807, 2.05) is 45.5 Å². The number of benzene rings is 2. The number of carbonyl (C=O) groups is 1. The fourth-order valence-electron chi connectivity index (χ4n) is 3.78. The summed E-state index contributed by atoms with van der Waals surface area (Å²) in [7, 11) is 0. The van der Waals surface area contributed by atoms with E-state index in [1.54, 1.807) is 41.6 Å². The Morgan fingerprint density at radius 2 is 2.03 bits per heavy atom. The lowest BCUT2D eigenvalue weighted by Crippen LogP contribution is -2.23. The lowest BCUT2D eigenvalue weighted by molar-refractivity contribution is -0.138. The molecule has 0 atom stereocenters. The van der Waals surface area contributed by atoms with Crippen LogP contribution in [0.25, 0.3) is 17.0 Å². The number of alkyl halides is 3. The Morgan fingerprint density at radius 1 is 1.17 bits per heavy atom. The van der Waals surface area contributed by atoms with Crippen LogP contribution in [0.15, 0.2) is 71.2 Å². The average molecular weight is 622 g/mol. The van der Waals surface area contributed by atoms with E-state index < -0.39 is 11.7 Å². The Morgan fingerprint density at radius 3 is 2.81 bits per heavy atom. The number of amidine groups is 1. The van der Waals surface area contributed by atoms with Crippen molar-refractivity contribution < 1.29 is 18.0 Å². The highest BCUT2D eigenvalue weighted by molar-refractivity contribution is 14.1. The smallest absolute Gasteiger partial charge is 0.362 e. The van der Waals surface area contributed by atoms with Crippen molar-refractivity contribution in [3.63, 3.8) is 0 Å². The van der Waals surface area contributed by atoms with Gasteiger partial charge in [-0.1, -0.05) is 12.1 Å². The first-order valence-electron chi connectivity index (χ1n) is 10.8. The van der Waals surface area contributed by atoms with Gasteiger partial charge in [0.05, 0.1) is 35.1 Å². The first-order valence-corrected chi connectivity index (χ1v) is 12.7. The SMILES string of the molecule is O=C1N=C(NCCn2ccnc2)S/C1=C\c1ccc2c(cnn2Cc2ccc(I)cc2C(F)(F)F)c1. The molecule has 0 bridgehead atoms. The van der Waals surface area contributed by atoms with Crippen molar-refractivity contribution in [3.8, 4) is 0 Å². The van der Waals surface area contributed by atoms with Crippen LogP contribution in [0.2, 0.25) is 0 Å². The fourth-order valence-corrected chi connectivity index (χ4v) is 5.11. The van der Waals surface area contributed by atoms with E-state index in [1.165, 1.54) is 17.8 Å². The molecule has 2 aromatic carbocycles. The van der Waals surface area contributed by atoms with Crippen LogP contribution in [0.3, 0.4) is 0 Å². The van der Waals surface area contributed by atoms with E-state index in [0.29, 0.717) is 32.2 Å². The van der Waals surface area contributed by atoms with Crippen molar-refractivity contribution >= 4 is 62.4 Å². The molecular weight excluding hydrogens is 604 g/mol. The standard InChI is InChI=1S/C24H18F3IN6OS/c25-24(26,27)19-11-18(28)3-2-16(19)13-34-20-4-1-15(9-17(20)12-31-34)10-21-22(35)32-23(36-21)30-6-8-33-7-5-29-14-33/h1-5,7,9-12,14H,6,8,13H2,(H,30,32,35)/b21-10-. The van der Waals surface area contributed by atoms with Gasteiger partial charge in [-0.05, 0) is 75.8 Å². The summed E-state index contributed by atoms with van der Waals surface area (Å²) in [6.45, 7) is 1.29. The van der Waals surface area contributed by atoms with Crippen molar-refractivity contribution in [1.29, 1.82) is 0 Å². The highest BCUT2D eigenvalue weighted by atomic mass is 127. The molecule has 0 spiro atoms. The Labute approximate surface area is 221 Å². The Kier molecular flexibility index (Phi) is 6.88. The number of imidazole rings is 1. The molecule has 1 aliphatic heterocycles. The minimum atomic E-state index is -4.44. The molecule has 184 valence electrons. The summed E-state index contributed by atoms with van der Waals surface area (Å²) in [6, 6.07) is 9.74. The molecule has 7 nitrogen and oxygen atoms in total. The van der Waals surface area contributed by atoms with E-state index in [4.69, 9.17) is 0 Å². The second kappa shape index (κ2) is 10.1. The number of hydrogen-bond donors (Lipinski definition) is 1. The largest absolute Gasteiger partial charge is 0.416 e. The van der Waals surface area contributed by atoms with E-state index in [0.717, 1.165) is 17.0 Å². The third-order valence-corrected chi connectivity index (χ3v) is 7.10. The normalized spacial score (nSPS) is 15.2. The Hall–Kier alpha value is -3.13. The summed E-state index contributed by atoms with van der Waals surface area (Å²) in [4.78, 5) is 20.9. The molecule has 0 fully saturated rings. The number of fused-ring (bicyclic) bond motifs is 1. The van der Waals surface area contributed by atoms with Gasteiger partial charge in [0.15, 0.2) is 5.17 Å². The molecule has 1 amide bonds. The molecule has 0 saturated heterocycles. The second-order valence-electron chi connectivity index (χ2n) is 7.98. The Bertz CT molecular complexity index is 1490. The van der Waals surface area contributed by atoms with Crippen molar-refractivity contribution in [2.45, 2.75) is 19.3 Å². The molecule has 2 aromatic heterocycles. The third-order valence-electron chi connectivity index (χ3n) is 5.49. The van der Waals surface area contributed by atoms with E-state index >= 15 is 0 Å².